The Balaban J connectivity index is 1.71. The summed E-state index contributed by atoms with van der Waals surface area (Å²) in [6.07, 6.45) is 5.47. The monoisotopic (exact) mass is 345 g/mol. The Kier molecular flexibility index (Phi) is 4.04. The van der Waals surface area contributed by atoms with Gasteiger partial charge in [0, 0.05) is 42.5 Å². The third-order valence-electron chi connectivity index (χ3n) is 4.43. The second kappa shape index (κ2) is 6.51. The summed E-state index contributed by atoms with van der Waals surface area (Å²) in [7, 11) is 2.01. The fourth-order valence-electron chi connectivity index (χ4n) is 2.90. The highest BCUT2D eigenvalue weighted by molar-refractivity contribution is 5.59. The van der Waals surface area contributed by atoms with Crippen molar-refractivity contribution in [2.24, 2.45) is 0 Å². The number of rotatable bonds is 4. The highest BCUT2D eigenvalue weighted by atomic mass is 15.3. The Morgan fingerprint density at radius 2 is 1.81 bits per heavy atom. The average Bonchev–Trinajstić information content (AvgIpc) is 3.07. The normalized spacial score (nSPS) is 11.0. The van der Waals surface area contributed by atoms with Crippen LogP contribution in [-0.2, 0) is 6.54 Å². The number of pyridine rings is 2. The second-order valence-corrected chi connectivity index (χ2v) is 6.22. The van der Waals surface area contributed by atoms with Crippen molar-refractivity contribution in [3.8, 4) is 11.4 Å². The molecular formula is C19H19N7. The smallest absolute Gasteiger partial charge is 0.161 e. The molecule has 0 N–H and O–H groups in total. The summed E-state index contributed by atoms with van der Waals surface area (Å²) < 4.78 is 1.99. The molecule has 0 amide bonds. The van der Waals surface area contributed by atoms with Gasteiger partial charge < -0.3 is 4.90 Å². The Hall–Kier alpha value is -3.35. The molecule has 0 bridgehead atoms. The Morgan fingerprint density at radius 3 is 2.62 bits per heavy atom. The first kappa shape index (κ1) is 16.1. The number of fused-ring (bicyclic) bond motifs is 1. The SMILES string of the molecule is Cc1nc(-c2ccncc2)nc(N(C)Cc2nnc3ccccn23)c1C. The molecule has 0 aliphatic carbocycles. The minimum absolute atomic E-state index is 0.595. The summed E-state index contributed by atoms with van der Waals surface area (Å²) in [5.41, 5.74) is 3.80. The third kappa shape index (κ3) is 2.88. The van der Waals surface area contributed by atoms with Crippen LogP contribution in [0.15, 0.2) is 48.9 Å². The van der Waals surface area contributed by atoms with Crippen molar-refractivity contribution in [2.45, 2.75) is 20.4 Å². The molecule has 0 unspecified atom stereocenters. The van der Waals surface area contributed by atoms with Crippen LogP contribution >= 0.6 is 0 Å². The Morgan fingerprint density at radius 1 is 1.00 bits per heavy atom. The zero-order valence-electron chi connectivity index (χ0n) is 15.0. The van der Waals surface area contributed by atoms with E-state index in [2.05, 4.69) is 25.1 Å². The maximum absolute atomic E-state index is 4.79. The van der Waals surface area contributed by atoms with Crippen molar-refractivity contribution < 1.29 is 0 Å². The molecule has 0 aliphatic heterocycles. The van der Waals surface area contributed by atoms with Gasteiger partial charge in [-0.05, 0) is 38.1 Å². The average molecular weight is 345 g/mol. The summed E-state index contributed by atoms with van der Waals surface area (Å²) in [5, 5.41) is 8.53. The molecule has 0 atom stereocenters. The number of nitrogens with zero attached hydrogens (tertiary/aromatic N) is 7. The van der Waals surface area contributed by atoms with Gasteiger partial charge >= 0.3 is 0 Å². The molecule has 4 heterocycles. The predicted molar refractivity (Wildman–Crippen MR) is 99.8 cm³/mol. The predicted octanol–water partition coefficient (Wildman–Crippen LogP) is 2.83. The summed E-state index contributed by atoms with van der Waals surface area (Å²) in [5.74, 6) is 2.45. The van der Waals surface area contributed by atoms with E-state index in [0.717, 1.165) is 34.1 Å². The molecule has 0 saturated carbocycles. The first-order valence-corrected chi connectivity index (χ1v) is 8.39. The molecule has 0 aliphatic rings. The van der Waals surface area contributed by atoms with E-state index in [-0.39, 0.29) is 0 Å². The number of aryl methyl sites for hydroxylation is 1. The fourth-order valence-corrected chi connectivity index (χ4v) is 2.90. The lowest BCUT2D eigenvalue weighted by Crippen LogP contribution is -2.21. The zero-order valence-corrected chi connectivity index (χ0v) is 15.0. The molecule has 130 valence electrons. The summed E-state index contributed by atoms with van der Waals surface area (Å²) in [6.45, 7) is 4.64. The molecular weight excluding hydrogens is 326 g/mol. The van der Waals surface area contributed by atoms with Crippen LogP contribution in [0.25, 0.3) is 17.0 Å². The van der Waals surface area contributed by atoms with Gasteiger partial charge in [-0.1, -0.05) is 6.07 Å². The third-order valence-corrected chi connectivity index (χ3v) is 4.43. The molecule has 4 rings (SSSR count). The van der Waals surface area contributed by atoms with Crippen LogP contribution in [0.2, 0.25) is 0 Å². The van der Waals surface area contributed by atoms with Crippen molar-refractivity contribution >= 4 is 11.5 Å². The van der Waals surface area contributed by atoms with E-state index in [1.807, 2.05) is 61.8 Å². The highest BCUT2D eigenvalue weighted by Gasteiger charge is 2.15. The van der Waals surface area contributed by atoms with E-state index in [1.165, 1.54) is 0 Å². The maximum atomic E-state index is 4.79. The van der Waals surface area contributed by atoms with Crippen molar-refractivity contribution in [1.82, 2.24) is 29.5 Å². The second-order valence-electron chi connectivity index (χ2n) is 6.22. The molecule has 26 heavy (non-hydrogen) atoms. The van der Waals surface area contributed by atoms with Crippen LogP contribution in [0, 0.1) is 13.8 Å². The quantitative estimate of drug-likeness (QED) is 0.566. The van der Waals surface area contributed by atoms with Crippen molar-refractivity contribution in [1.29, 1.82) is 0 Å². The lowest BCUT2D eigenvalue weighted by atomic mass is 10.2. The van der Waals surface area contributed by atoms with Crippen molar-refractivity contribution in [3.05, 3.63) is 66.0 Å². The summed E-state index contributed by atoms with van der Waals surface area (Å²) >= 11 is 0. The van der Waals surface area contributed by atoms with Gasteiger partial charge in [-0.25, -0.2) is 9.97 Å². The van der Waals surface area contributed by atoms with Crippen molar-refractivity contribution in [2.75, 3.05) is 11.9 Å². The van der Waals surface area contributed by atoms with Crippen LogP contribution in [-0.4, -0.2) is 36.6 Å². The Labute approximate surface area is 151 Å². The van der Waals surface area contributed by atoms with Gasteiger partial charge in [0.05, 0.1) is 6.54 Å². The van der Waals surface area contributed by atoms with Gasteiger partial charge in [0.1, 0.15) is 5.82 Å². The van der Waals surface area contributed by atoms with Crippen LogP contribution in [0.3, 0.4) is 0 Å². The summed E-state index contributed by atoms with van der Waals surface area (Å²) in [6, 6.07) is 9.70. The first-order chi connectivity index (χ1) is 12.6. The van der Waals surface area contributed by atoms with Gasteiger partial charge in [-0.15, -0.1) is 10.2 Å². The molecule has 0 aromatic carbocycles. The van der Waals surface area contributed by atoms with E-state index in [0.29, 0.717) is 12.4 Å². The van der Waals surface area contributed by atoms with Crippen molar-refractivity contribution in [3.63, 3.8) is 0 Å². The van der Waals surface area contributed by atoms with Crippen LogP contribution in [0.5, 0.6) is 0 Å². The van der Waals surface area contributed by atoms with Gasteiger partial charge in [-0.3, -0.25) is 9.38 Å². The maximum Gasteiger partial charge on any atom is 0.161 e. The van der Waals surface area contributed by atoms with E-state index in [1.54, 1.807) is 12.4 Å². The lowest BCUT2D eigenvalue weighted by molar-refractivity contribution is 0.802. The van der Waals surface area contributed by atoms with E-state index in [4.69, 9.17) is 4.98 Å². The van der Waals surface area contributed by atoms with Gasteiger partial charge in [-0.2, -0.15) is 0 Å². The molecule has 7 nitrogen and oxygen atoms in total. The molecule has 7 heteroatoms. The fraction of sp³-hybridized carbons (Fsp3) is 0.211. The molecule has 4 aromatic rings. The topological polar surface area (TPSA) is 72.1 Å². The first-order valence-electron chi connectivity index (χ1n) is 8.39. The van der Waals surface area contributed by atoms with Gasteiger partial charge in [0.15, 0.2) is 17.3 Å². The van der Waals surface area contributed by atoms with Gasteiger partial charge in [0.2, 0.25) is 0 Å². The van der Waals surface area contributed by atoms with E-state index < -0.39 is 0 Å². The number of aromatic nitrogens is 6. The number of hydrogen-bond acceptors (Lipinski definition) is 6. The van der Waals surface area contributed by atoms with E-state index in [9.17, 15) is 0 Å². The molecule has 0 radical (unpaired) electrons. The zero-order chi connectivity index (χ0) is 18.1. The molecule has 0 spiro atoms. The van der Waals surface area contributed by atoms with Gasteiger partial charge in [0.25, 0.3) is 0 Å². The minimum Gasteiger partial charge on any atom is -0.352 e. The molecule has 0 saturated heterocycles. The number of anilines is 1. The van der Waals surface area contributed by atoms with Crippen LogP contribution < -0.4 is 4.90 Å². The van der Waals surface area contributed by atoms with Crippen LogP contribution in [0.4, 0.5) is 5.82 Å². The lowest BCUT2D eigenvalue weighted by Gasteiger charge is -2.21. The van der Waals surface area contributed by atoms with E-state index >= 15 is 0 Å². The van der Waals surface area contributed by atoms with Crippen LogP contribution in [0.1, 0.15) is 17.1 Å². The number of hydrogen-bond donors (Lipinski definition) is 0. The highest BCUT2D eigenvalue weighted by Crippen LogP contribution is 2.24. The minimum atomic E-state index is 0.595. The standard InChI is InChI=1S/C19H19N7/c1-13-14(2)21-18(15-7-9-20-10-8-15)22-19(13)25(3)12-17-24-23-16-6-4-5-11-26(16)17/h4-11H,12H2,1-3H3. The molecule has 0 fully saturated rings. The summed E-state index contributed by atoms with van der Waals surface area (Å²) in [4.78, 5) is 15.6. The largest absolute Gasteiger partial charge is 0.352 e. The molecule has 4 aromatic heterocycles. The Bertz CT molecular complexity index is 1060.